The maximum atomic E-state index is 5.43. The first kappa shape index (κ1) is 15.7. The van der Waals surface area contributed by atoms with E-state index in [0.717, 1.165) is 24.2 Å². The molecule has 0 saturated heterocycles. The quantitative estimate of drug-likeness (QED) is 0.450. The summed E-state index contributed by atoms with van der Waals surface area (Å²) in [5, 5.41) is 0. The van der Waals surface area contributed by atoms with Crippen molar-refractivity contribution in [1.29, 1.82) is 0 Å². The molecule has 0 aliphatic carbocycles. The molecule has 0 heteroatoms. The molecule has 0 bridgehead atoms. The molecular formula is C16H31. The Bertz CT molecular complexity index is 157. The van der Waals surface area contributed by atoms with Gasteiger partial charge in [-0.1, -0.05) is 78.9 Å². The van der Waals surface area contributed by atoms with E-state index < -0.39 is 0 Å². The highest BCUT2D eigenvalue weighted by atomic mass is 14.1. The number of hydrogen-bond donors (Lipinski definition) is 0. The predicted octanol–water partition coefficient (Wildman–Crippen LogP) is 5.63. The smallest absolute Gasteiger partial charge is 0.0322 e. The molecule has 16 heavy (non-hydrogen) atoms. The van der Waals surface area contributed by atoms with Crippen LogP contribution in [0.3, 0.4) is 0 Å². The molecule has 0 aliphatic heterocycles. The zero-order chi connectivity index (χ0) is 12.4. The minimum atomic E-state index is 0.771. The number of rotatable bonds is 10. The topological polar surface area (TPSA) is 0 Å². The van der Waals surface area contributed by atoms with Crippen molar-refractivity contribution in [3.8, 4) is 0 Å². The van der Waals surface area contributed by atoms with Crippen LogP contribution in [0, 0.1) is 24.3 Å². The van der Waals surface area contributed by atoms with Crippen LogP contribution >= 0.6 is 0 Å². The third-order valence-electron chi connectivity index (χ3n) is 3.41. The third-order valence-corrected chi connectivity index (χ3v) is 3.41. The van der Waals surface area contributed by atoms with E-state index in [2.05, 4.69) is 27.7 Å². The monoisotopic (exact) mass is 223 g/mol. The highest BCUT2D eigenvalue weighted by molar-refractivity contribution is 4.68. The molecule has 95 valence electrons. The van der Waals surface area contributed by atoms with Gasteiger partial charge in [-0.15, -0.1) is 0 Å². The Kier molecular flexibility index (Phi) is 9.77. The van der Waals surface area contributed by atoms with Gasteiger partial charge in [0.05, 0.1) is 0 Å². The van der Waals surface area contributed by atoms with Crippen molar-refractivity contribution in [1.82, 2.24) is 0 Å². The summed E-state index contributed by atoms with van der Waals surface area (Å²) in [5.74, 6) is 2.55. The van der Waals surface area contributed by atoms with Gasteiger partial charge in [-0.3, -0.25) is 0 Å². The molecule has 0 fully saturated rings. The van der Waals surface area contributed by atoms with E-state index in [1.54, 1.807) is 6.08 Å². The SMILES string of the molecule is [CH]=CCC(C)CCCC(C)CCCC(C)C. The first-order valence-electron chi connectivity index (χ1n) is 7.09. The van der Waals surface area contributed by atoms with Crippen LogP contribution in [0.15, 0.2) is 6.08 Å². The lowest BCUT2D eigenvalue weighted by Crippen LogP contribution is -1.99. The summed E-state index contributed by atoms with van der Waals surface area (Å²) in [7, 11) is 0. The summed E-state index contributed by atoms with van der Waals surface area (Å²) in [5.41, 5.74) is 0. The van der Waals surface area contributed by atoms with Gasteiger partial charge in [0, 0.05) is 0 Å². The van der Waals surface area contributed by atoms with Gasteiger partial charge in [0.1, 0.15) is 0 Å². The summed E-state index contributed by atoms with van der Waals surface area (Å²) in [6.07, 6.45) is 11.2. The third kappa shape index (κ3) is 10.3. The second-order valence-electron chi connectivity index (χ2n) is 5.94. The summed E-state index contributed by atoms with van der Waals surface area (Å²) >= 11 is 0. The van der Waals surface area contributed by atoms with Gasteiger partial charge in [-0.05, 0) is 24.2 Å². The average molecular weight is 223 g/mol. The molecule has 1 radical (unpaired) electrons. The molecule has 2 unspecified atom stereocenters. The minimum Gasteiger partial charge on any atom is -0.0843 e. The Morgan fingerprint density at radius 3 is 1.81 bits per heavy atom. The first-order valence-corrected chi connectivity index (χ1v) is 7.09. The van der Waals surface area contributed by atoms with Gasteiger partial charge < -0.3 is 0 Å². The van der Waals surface area contributed by atoms with Crippen molar-refractivity contribution >= 4 is 0 Å². The second kappa shape index (κ2) is 9.93. The van der Waals surface area contributed by atoms with Crippen LogP contribution < -0.4 is 0 Å². The lowest BCUT2D eigenvalue weighted by atomic mass is 9.93. The standard InChI is InChI=1S/C16H31/c1-6-9-15(4)12-8-13-16(5)11-7-10-14(2)3/h1,6,14-16H,7-13H2,2-5H3. The fourth-order valence-corrected chi connectivity index (χ4v) is 2.18. The van der Waals surface area contributed by atoms with Crippen LogP contribution in [0.1, 0.15) is 72.6 Å². The molecule has 0 aliphatic rings. The molecule has 0 nitrogen and oxygen atoms in total. The lowest BCUT2D eigenvalue weighted by molar-refractivity contribution is 0.401. The molecule has 0 rings (SSSR count). The highest BCUT2D eigenvalue weighted by Gasteiger charge is 2.05. The molecule has 0 amide bonds. The molecular weight excluding hydrogens is 192 g/mol. The van der Waals surface area contributed by atoms with Gasteiger partial charge >= 0.3 is 0 Å². The van der Waals surface area contributed by atoms with E-state index >= 15 is 0 Å². The molecule has 0 aromatic heterocycles. The van der Waals surface area contributed by atoms with E-state index in [-0.39, 0.29) is 0 Å². The molecule has 0 aromatic rings. The number of hydrogen-bond acceptors (Lipinski definition) is 0. The Hall–Kier alpha value is -0.260. The molecule has 2 atom stereocenters. The summed E-state index contributed by atoms with van der Waals surface area (Å²) < 4.78 is 0. The van der Waals surface area contributed by atoms with Crippen molar-refractivity contribution in [2.24, 2.45) is 17.8 Å². The fraction of sp³-hybridized carbons (Fsp3) is 0.875. The second-order valence-corrected chi connectivity index (χ2v) is 5.94. The van der Waals surface area contributed by atoms with Gasteiger partial charge in [-0.2, -0.15) is 0 Å². The summed E-state index contributed by atoms with van der Waals surface area (Å²) in [4.78, 5) is 0. The average Bonchev–Trinajstić information content (AvgIpc) is 2.17. The van der Waals surface area contributed by atoms with Crippen LogP contribution in [-0.2, 0) is 0 Å². The fourth-order valence-electron chi connectivity index (χ4n) is 2.18. The molecule has 0 N–H and O–H groups in total. The normalized spacial score (nSPS) is 15.1. The Labute approximate surface area is 104 Å². The molecule has 0 heterocycles. The van der Waals surface area contributed by atoms with E-state index in [4.69, 9.17) is 6.58 Å². The van der Waals surface area contributed by atoms with Crippen molar-refractivity contribution < 1.29 is 0 Å². The van der Waals surface area contributed by atoms with Crippen LogP contribution in [0.25, 0.3) is 0 Å². The van der Waals surface area contributed by atoms with Crippen LogP contribution in [0.2, 0.25) is 0 Å². The van der Waals surface area contributed by atoms with Gasteiger partial charge in [0.25, 0.3) is 0 Å². The van der Waals surface area contributed by atoms with Crippen molar-refractivity contribution in [2.75, 3.05) is 0 Å². The molecule has 0 aromatic carbocycles. The van der Waals surface area contributed by atoms with Gasteiger partial charge in [-0.25, -0.2) is 0 Å². The zero-order valence-electron chi connectivity index (χ0n) is 11.8. The van der Waals surface area contributed by atoms with E-state index in [1.165, 1.54) is 38.5 Å². The first-order chi connectivity index (χ1) is 7.56. The molecule has 0 spiro atoms. The van der Waals surface area contributed by atoms with Gasteiger partial charge in [0.15, 0.2) is 0 Å². The minimum absolute atomic E-state index is 0.771. The van der Waals surface area contributed by atoms with Crippen LogP contribution in [0.4, 0.5) is 0 Å². The summed E-state index contributed by atoms with van der Waals surface area (Å²) in [6.45, 7) is 14.8. The number of allylic oxidation sites excluding steroid dienone is 1. The van der Waals surface area contributed by atoms with E-state index in [0.29, 0.717) is 0 Å². The van der Waals surface area contributed by atoms with Crippen LogP contribution in [-0.4, -0.2) is 0 Å². The van der Waals surface area contributed by atoms with E-state index in [9.17, 15) is 0 Å². The maximum absolute atomic E-state index is 5.43. The van der Waals surface area contributed by atoms with E-state index in [1.807, 2.05) is 0 Å². The largest absolute Gasteiger partial charge is 0.0843 e. The zero-order valence-corrected chi connectivity index (χ0v) is 11.8. The maximum Gasteiger partial charge on any atom is -0.0322 e. The summed E-state index contributed by atoms with van der Waals surface area (Å²) in [6, 6.07) is 0. The highest BCUT2D eigenvalue weighted by Crippen LogP contribution is 2.20. The van der Waals surface area contributed by atoms with Crippen molar-refractivity contribution in [2.45, 2.75) is 72.6 Å². The van der Waals surface area contributed by atoms with Crippen LogP contribution in [0.5, 0.6) is 0 Å². The van der Waals surface area contributed by atoms with Crippen molar-refractivity contribution in [3.63, 3.8) is 0 Å². The lowest BCUT2D eigenvalue weighted by Gasteiger charge is -2.13. The van der Waals surface area contributed by atoms with Gasteiger partial charge in [0.2, 0.25) is 0 Å². The molecule has 0 saturated carbocycles. The Balaban J connectivity index is 3.36. The Morgan fingerprint density at radius 2 is 1.31 bits per heavy atom. The predicted molar refractivity (Wildman–Crippen MR) is 74.4 cm³/mol. The van der Waals surface area contributed by atoms with Crippen molar-refractivity contribution in [3.05, 3.63) is 12.7 Å². The Morgan fingerprint density at radius 1 is 0.812 bits per heavy atom.